The van der Waals surface area contributed by atoms with Crippen LogP contribution in [0.15, 0.2) is 18.2 Å². The number of rotatable bonds is 2. The Morgan fingerprint density at radius 1 is 1.42 bits per heavy atom. The van der Waals surface area contributed by atoms with Crippen molar-refractivity contribution in [3.8, 4) is 0 Å². The lowest BCUT2D eigenvalue weighted by atomic mass is 9.97. The van der Waals surface area contributed by atoms with Gasteiger partial charge in [-0.2, -0.15) is 0 Å². The molecule has 0 aromatic heterocycles. The van der Waals surface area contributed by atoms with Gasteiger partial charge >= 0.3 is 0 Å². The van der Waals surface area contributed by atoms with Crippen LogP contribution >= 0.6 is 0 Å². The molecule has 0 aliphatic rings. The van der Waals surface area contributed by atoms with Gasteiger partial charge in [-0.05, 0) is 36.5 Å². The second kappa shape index (κ2) is 3.61. The number of nitrogens with two attached hydrogens (primary N) is 1. The smallest absolute Gasteiger partial charge is 0.0346 e. The van der Waals surface area contributed by atoms with Crippen molar-refractivity contribution in [1.82, 2.24) is 0 Å². The molecule has 2 N–H and O–H groups in total. The Labute approximate surface area is 74.6 Å². The number of anilines is 1. The minimum atomic E-state index is 0.618. The molecular formula is C11H17N. The number of hydrogen-bond donors (Lipinski definition) is 1. The van der Waals surface area contributed by atoms with Crippen LogP contribution in [-0.2, 0) is 0 Å². The highest BCUT2D eigenvalue weighted by molar-refractivity contribution is 5.48. The zero-order chi connectivity index (χ0) is 9.14. The van der Waals surface area contributed by atoms with E-state index in [9.17, 15) is 0 Å². The van der Waals surface area contributed by atoms with E-state index in [0.717, 1.165) is 5.69 Å². The average Bonchev–Trinajstić information content (AvgIpc) is 2.08. The molecule has 0 fully saturated rings. The Hall–Kier alpha value is -0.980. The van der Waals surface area contributed by atoms with Gasteiger partial charge in [0.2, 0.25) is 0 Å². The van der Waals surface area contributed by atoms with Gasteiger partial charge in [-0.15, -0.1) is 0 Å². The molecule has 66 valence electrons. The zero-order valence-electron chi connectivity index (χ0n) is 8.09. The highest BCUT2D eigenvalue weighted by Gasteiger charge is 2.03. The highest BCUT2D eigenvalue weighted by atomic mass is 14.6. The van der Waals surface area contributed by atoms with Gasteiger partial charge in [0.25, 0.3) is 0 Å². The maximum atomic E-state index is 5.81. The summed E-state index contributed by atoms with van der Waals surface area (Å²) >= 11 is 0. The molecule has 1 nitrogen and oxygen atoms in total. The molecule has 1 unspecified atom stereocenters. The van der Waals surface area contributed by atoms with E-state index in [0.29, 0.717) is 5.92 Å². The second-order valence-corrected chi connectivity index (χ2v) is 3.43. The van der Waals surface area contributed by atoms with Crippen LogP contribution in [-0.4, -0.2) is 0 Å². The fraction of sp³-hybridized carbons (Fsp3) is 0.455. The Morgan fingerprint density at radius 2 is 2.08 bits per heavy atom. The van der Waals surface area contributed by atoms with Crippen LogP contribution < -0.4 is 5.73 Å². The number of benzene rings is 1. The standard InChI is InChI=1S/C11H17N/c1-4-8(2)10-6-5-9(3)11(12)7-10/h5-8H,4,12H2,1-3H3. The van der Waals surface area contributed by atoms with Crippen LogP contribution in [0.3, 0.4) is 0 Å². The molecule has 0 spiro atoms. The van der Waals surface area contributed by atoms with Gasteiger partial charge in [-0.1, -0.05) is 26.0 Å². The molecule has 1 atom stereocenters. The van der Waals surface area contributed by atoms with E-state index in [4.69, 9.17) is 5.73 Å². The quantitative estimate of drug-likeness (QED) is 0.666. The summed E-state index contributed by atoms with van der Waals surface area (Å²) in [6, 6.07) is 6.35. The minimum absolute atomic E-state index is 0.618. The third-order valence-corrected chi connectivity index (χ3v) is 2.48. The molecule has 12 heavy (non-hydrogen) atoms. The first-order chi connectivity index (χ1) is 5.65. The molecule has 0 amide bonds. The third-order valence-electron chi connectivity index (χ3n) is 2.48. The summed E-state index contributed by atoms with van der Waals surface area (Å²) in [7, 11) is 0. The van der Waals surface area contributed by atoms with Gasteiger partial charge in [-0.25, -0.2) is 0 Å². The van der Waals surface area contributed by atoms with Gasteiger partial charge < -0.3 is 5.73 Å². The maximum Gasteiger partial charge on any atom is 0.0346 e. The lowest BCUT2D eigenvalue weighted by molar-refractivity contribution is 0.734. The molecule has 0 aliphatic carbocycles. The molecule has 1 aromatic rings. The van der Waals surface area contributed by atoms with Gasteiger partial charge in [0.1, 0.15) is 0 Å². The summed E-state index contributed by atoms with van der Waals surface area (Å²) in [5, 5.41) is 0. The Morgan fingerprint density at radius 3 is 2.58 bits per heavy atom. The summed E-state index contributed by atoms with van der Waals surface area (Å²) in [6.45, 7) is 6.46. The van der Waals surface area contributed by atoms with E-state index in [2.05, 4.69) is 32.0 Å². The van der Waals surface area contributed by atoms with Crippen LogP contribution in [0.25, 0.3) is 0 Å². The van der Waals surface area contributed by atoms with Crippen LogP contribution in [0.1, 0.15) is 37.3 Å². The number of nitrogen functional groups attached to an aromatic ring is 1. The summed E-state index contributed by atoms with van der Waals surface area (Å²) in [4.78, 5) is 0. The molecule has 0 heterocycles. The van der Waals surface area contributed by atoms with Gasteiger partial charge in [0.05, 0.1) is 0 Å². The van der Waals surface area contributed by atoms with E-state index in [1.54, 1.807) is 0 Å². The van der Waals surface area contributed by atoms with Crippen molar-refractivity contribution in [2.45, 2.75) is 33.1 Å². The first-order valence-corrected chi connectivity index (χ1v) is 4.51. The van der Waals surface area contributed by atoms with E-state index in [-0.39, 0.29) is 0 Å². The monoisotopic (exact) mass is 163 g/mol. The van der Waals surface area contributed by atoms with E-state index < -0.39 is 0 Å². The Balaban J connectivity index is 2.96. The first kappa shape index (κ1) is 9.11. The Kier molecular flexibility index (Phi) is 2.74. The second-order valence-electron chi connectivity index (χ2n) is 3.43. The fourth-order valence-corrected chi connectivity index (χ4v) is 1.20. The summed E-state index contributed by atoms with van der Waals surface area (Å²) < 4.78 is 0. The third kappa shape index (κ3) is 1.79. The Bertz CT molecular complexity index is 266. The van der Waals surface area contributed by atoms with Crippen LogP contribution in [0.5, 0.6) is 0 Å². The molecule has 0 saturated carbocycles. The average molecular weight is 163 g/mol. The lowest BCUT2D eigenvalue weighted by Crippen LogP contribution is -1.95. The maximum absolute atomic E-state index is 5.81. The van der Waals surface area contributed by atoms with Crippen LogP contribution in [0.4, 0.5) is 5.69 Å². The molecule has 1 rings (SSSR count). The molecule has 1 aromatic carbocycles. The van der Waals surface area contributed by atoms with E-state index >= 15 is 0 Å². The molecular weight excluding hydrogens is 146 g/mol. The van der Waals surface area contributed by atoms with Gasteiger partial charge in [0.15, 0.2) is 0 Å². The first-order valence-electron chi connectivity index (χ1n) is 4.51. The van der Waals surface area contributed by atoms with Crippen molar-refractivity contribution >= 4 is 5.69 Å². The van der Waals surface area contributed by atoms with Crippen molar-refractivity contribution < 1.29 is 0 Å². The highest BCUT2D eigenvalue weighted by Crippen LogP contribution is 2.22. The van der Waals surface area contributed by atoms with Crippen LogP contribution in [0.2, 0.25) is 0 Å². The normalized spacial score (nSPS) is 12.9. The van der Waals surface area contributed by atoms with E-state index in [1.165, 1.54) is 17.5 Å². The van der Waals surface area contributed by atoms with Crippen LogP contribution in [0, 0.1) is 6.92 Å². The molecule has 1 heteroatoms. The molecule has 0 bridgehead atoms. The van der Waals surface area contributed by atoms with Crippen molar-refractivity contribution in [3.63, 3.8) is 0 Å². The lowest BCUT2D eigenvalue weighted by Gasteiger charge is -2.10. The summed E-state index contributed by atoms with van der Waals surface area (Å²) in [5.41, 5.74) is 9.24. The van der Waals surface area contributed by atoms with E-state index in [1.807, 2.05) is 6.92 Å². The number of hydrogen-bond acceptors (Lipinski definition) is 1. The molecule has 0 radical (unpaired) electrons. The van der Waals surface area contributed by atoms with Crippen molar-refractivity contribution in [2.75, 3.05) is 5.73 Å². The minimum Gasteiger partial charge on any atom is -0.399 e. The zero-order valence-corrected chi connectivity index (χ0v) is 8.09. The topological polar surface area (TPSA) is 26.0 Å². The largest absolute Gasteiger partial charge is 0.399 e. The van der Waals surface area contributed by atoms with Gasteiger partial charge in [0, 0.05) is 5.69 Å². The summed E-state index contributed by atoms with van der Waals surface area (Å²) in [5.74, 6) is 0.618. The summed E-state index contributed by atoms with van der Waals surface area (Å²) in [6.07, 6.45) is 1.17. The van der Waals surface area contributed by atoms with Crippen molar-refractivity contribution in [2.24, 2.45) is 0 Å². The van der Waals surface area contributed by atoms with Crippen molar-refractivity contribution in [1.29, 1.82) is 0 Å². The fourth-order valence-electron chi connectivity index (χ4n) is 1.20. The molecule has 0 saturated heterocycles. The SMILES string of the molecule is CCC(C)c1ccc(C)c(N)c1. The molecule has 0 aliphatic heterocycles. The number of aryl methyl sites for hydroxylation is 1. The predicted octanol–water partition coefficient (Wildman–Crippen LogP) is 3.09. The van der Waals surface area contributed by atoms with Gasteiger partial charge in [-0.3, -0.25) is 0 Å². The predicted molar refractivity (Wildman–Crippen MR) is 54.3 cm³/mol. The van der Waals surface area contributed by atoms with Crippen molar-refractivity contribution in [3.05, 3.63) is 29.3 Å².